The number of hydrogen-bond acceptors (Lipinski definition) is 5. The van der Waals surface area contributed by atoms with Gasteiger partial charge < -0.3 is 14.9 Å². The van der Waals surface area contributed by atoms with Gasteiger partial charge in [-0.05, 0) is 37.3 Å². The molecule has 0 radical (unpaired) electrons. The summed E-state index contributed by atoms with van der Waals surface area (Å²) in [5, 5.41) is 23.4. The summed E-state index contributed by atoms with van der Waals surface area (Å²) in [5.74, 6) is -0.0786. The van der Waals surface area contributed by atoms with E-state index in [1.54, 1.807) is 31.2 Å². The van der Waals surface area contributed by atoms with E-state index in [0.29, 0.717) is 17.0 Å². The van der Waals surface area contributed by atoms with Crippen molar-refractivity contribution >= 4 is 11.6 Å². The molecule has 0 unspecified atom stereocenters. The number of amides is 1. The third-order valence-corrected chi connectivity index (χ3v) is 3.07. The van der Waals surface area contributed by atoms with Crippen LogP contribution in [-0.2, 0) is 0 Å². The molecule has 0 saturated heterocycles. The Kier molecular flexibility index (Phi) is 4.63. The number of methoxy groups -OCH3 is 1. The standard InChI is InChI=1S/C16H16N2O4/c1-10(13-9-11(22-2)7-8-15(13)20)17-18-16(21)12-5-3-4-6-14(12)19/h3-9,19-20H,1-2H3,(H,18,21)/b17-10+. The van der Waals surface area contributed by atoms with Crippen LogP contribution in [-0.4, -0.2) is 28.9 Å². The summed E-state index contributed by atoms with van der Waals surface area (Å²) in [6.45, 7) is 1.64. The number of hydrazone groups is 1. The van der Waals surface area contributed by atoms with Gasteiger partial charge in [-0.2, -0.15) is 5.10 Å². The minimum atomic E-state index is -0.542. The Hall–Kier alpha value is -3.02. The molecule has 2 rings (SSSR count). The zero-order valence-electron chi connectivity index (χ0n) is 12.2. The fourth-order valence-corrected chi connectivity index (χ4v) is 1.85. The Morgan fingerprint density at radius 3 is 2.45 bits per heavy atom. The number of nitrogens with one attached hydrogen (secondary N) is 1. The van der Waals surface area contributed by atoms with Crippen molar-refractivity contribution < 1.29 is 19.7 Å². The van der Waals surface area contributed by atoms with Gasteiger partial charge in [0.2, 0.25) is 0 Å². The first kappa shape index (κ1) is 15.4. The maximum Gasteiger partial charge on any atom is 0.275 e. The molecule has 6 nitrogen and oxygen atoms in total. The minimum absolute atomic E-state index is 0.0267. The molecule has 0 spiro atoms. The predicted octanol–water partition coefficient (Wildman–Crippen LogP) is 2.26. The average molecular weight is 300 g/mol. The maximum absolute atomic E-state index is 11.9. The number of phenols is 2. The molecule has 1 amide bonds. The van der Waals surface area contributed by atoms with E-state index in [0.717, 1.165) is 0 Å². The van der Waals surface area contributed by atoms with Crippen molar-refractivity contribution in [2.24, 2.45) is 5.10 Å². The highest BCUT2D eigenvalue weighted by Gasteiger charge is 2.11. The lowest BCUT2D eigenvalue weighted by Crippen LogP contribution is -2.19. The molecule has 0 aliphatic rings. The van der Waals surface area contributed by atoms with Crippen molar-refractivity contribution in [3.05, 3.63) is 53.6 Å². The van der Waals surface area contributed by atoms with Crippen LogP contribution in [0.5, 0.6) is 17.2 Å². The molecule has 0 heterocycles. The Morgan fingerprint density at radius 1 is 1.09 bits per heavy atom. The van der Waals surface area contributed by atoms with Crippen LogP contribution in [0, 0.1) is 0 Å². The van der Waals surface area contributed by atoms with Gasteiger partial charge >= 0.3 is 0 Å². The Bertz CT molecular complexity index is 726. The zero-order chi connectivity index (χ0) is 16.1. The Balaban J connectivity index is 2.20. The van der Waals surface area contributed by atoms with Crippen molar-refractivity contribution in [1.29, 1.82) is 0 Å². The van der Waals surface area contributed by atoms with Crippen LogP contribution >= 0.6 is 0 Å². The largest absolute Gasteiger partial charge is 0.507 e. The van der Waals surface area contributed by atoms with Crippen molar-refractivity contribution in [2.45, 2.75) is 6.92 Å². The lowest BCUT2D eigenvalue weighted by molar-refractivity contribution is 0.0952. The SMILES string of the molecule is COc1ccc(O)c(/C(C)=N/NC(=O)c2ccccc2O)c1. The smallest absolute Gasteiger partial charge is 0.275 e. The van der Waals surface area contributed by atoms with Gasteiger partial charge in [-0.3, -0.25) is 4.79 Å². The van der Waals surface area contributed by atoms with Crippen molar-refractivity contribution in [3.63, 3.8) is 0 Å². The van der Waals surface area contributed by atoms with Crippen LogP contribution in [0.2, 0.25) is 0 Å². The number of para-hydroxylation sites is 1. The highest BCUT2D eigenvalue weighted by Crippen LogP contribution is 2.23. The molecule has 0 saturated carbocycles. The summed E-state index contributed by atoms with van der Waals surface area (Å²) in [4.78, 5) is 11.9. The van der Waals surface area contributed by atoms with Gasteiger partial charge in [0.05, 0.1) is 18.4 Å². The molecule has 3 N–H and O–H groups in total. The fourth-order valence-electron chi connectivity index (χ4n) is 1.85. The van der Waals surface area contributed by atoms with E-state index >= 15 is 0 Å². The van der Waals surface area contributed by atoms with Gasteiger partial charge in [0.25, 0.3) is 5.91 Å². The quantitative estimate of drug-likeness (QED) is 0.596. The molecular formula is C16H16N2O4. The lowest BCUT2D eigenvalue weighted by Gasteiger charge is -2.08. The zero-order valence-corrected chi connectivity index (χ0v) is 12.2. The third kappa shape index (κ3) is 3.35. The highest BCUT2D eigenvalue weighted by atomic mass is 16.5. The van der Waals surface area contributed by atoms with Crippen molar-refractivity contribution in [2.75, 3.05) is 7.11 Å². The van der Waals surface area contributed by atoms with Crippen LogP contribution in [0.25, 0.3) is 0 Å². The van der Waals surface area contributed by atoms with Gasteiger partial charge in [0.15, 0.2) is 0 Å². The van der Waals surface area contributed by atoms with Gasteiger partial charge in [0, 0.05) is 5.56 Å². The van der Waals surface area contributed by atoms with Crippen molar-refractivity contribution in [1.82, 2.24) is 5.43 Å². The van der Waals surface area contributed by atoms with Gasteiger partial charge in [0.1, 0.15) is 17.2 Å². The summed E-state index contributed by atoms with van der Waals surface area (Å²) in [6, 6.07) is 10.9. The van der Waals surface area contributed by atoms with Crippen LogP contribution in [0.3, 0.4) is 0 Å². The molecular weight excluding hydrogens is 284 g/mol. The minimum Gasteiger partial charge on any atom is -0.507 e. The van der Waals surface area contributed by atoms with E-state index in [1.165, 1.54) is 25.3 Å². The molecule has 0 bridgehead atoms. The molecule has 0 fully saturated rings. The summed E-state index contributed by atoms with van der Waals surface area (Å²) < 4.78 is 5.08. The predicted molar refractivity (Wildman–Crippen MR) is 82.4 cm³/mol. The second-order valence-electron chi connectivity index (χ2n) is 4.54. The number of hydrogen-bond donors (Lipinski definition) is 3. The number of phenolic OH excluding ortho intramolecular Hbond substituents is 2. The lowest BCUT2D eigenvalue weighted by atomic mass is 10.1. The van der Waals surface area contributed by atoms with E-state index in [4.69, 9.17) is 4.74 Å². The Morgan fingerprint density at radius 2 is 1.77 bits per heavy atom. The Labute approximate surface area is 127 Å². The first-order valence-electron chi connectivity index (χ1n) is 6.53. The number of carbonyl (C=O) groups excluding carboxylic acids is 1. The number of aromatic hydroxyl groups is 2. The topological polar surface area (TPSA) is 91.2 Å². The second-order valence-corrected chi connectivity index (χ2v) is 4.54. The first-order chi connectivity index (χ1) is 10.5. The molecule has 0 aromatic heterocycles. The van der Waals surface area contributed by atoms with E-state index in [-0.39, 0.29) is 17.1 Å². The van der Waals surface area contributed by atoms with E-state index in [1.807, 2.05) is 0 Å². The normalized spacial score (nSPS) is 11.1. The fraction of sp³-hybridized carbons (Fsp3) is 0.125. The molecule has 0 atom stereocenters. The molecule has 22 heavy (non-hydrogen) atoms. The maximum atomic E-state index is 11.9. The van der Waals surface area contributed by atoms with E-state index in [2.05, 4.69) is 10.5 Å². The second kappa shape index (κ2) is 6.62. The number of ether oxygens (including phenoxy) is 1. The van der Waals surface area contributed by atoms with Gasteiger partial charge in [-0.1, -0.05) is 12.1 Å². The summed E-state index contributed by atoms with van der Waals surface area (Å²) in [7, 11) is 1.52. The number of benzene rings is 2. The summed E-state index contributed by atoms with van der Waals surface area (Å²) >= 11 is 0. The van der Waals surface area contributed by atoms with Crippen LogP contribution in [0.15, 0.2) is 47.6 Å². The van der Waals surface area contributed by atoms with Crippen molar-refractivity contribution in [3.8, 4) is 17.2 Å². The van der Waals surface area contributed by atoms with Crippen LogP contribution < -0.4 is 10.2 Å². The van der Waals surface area contributed by atoms with E-state index in [9.17, 15) is 15.0 Å². The first-order valence-corrected chi connectivity index (χ1v) is 6.53. The molecule has 2 aromatic carbocycles. The monoisotopic (exact) mass is 300 g/mol. The average Bonchev–Trinajstić information content (AvgIpc) is 2.53. The number of rotatable bonds is 4. The molecule has 6 heteroatoms. The van der Waals surface area contributed by atoms with Gasteiger partial charge in [-0.15, -0.1) is 0 Å². The third-order valence-electron chi connectivity index (χ3n) is 3.07. The molecule has 0 aliphatic carbocycles. The summed E-state index contributed by atoms with van der Waals surface area (Å²) in [5.41, 5.74) is 3.30. The van der Waals surface area contributed by atoms with Gasteiger partial charge in [-0.25, -0.2) is 5.43 Å². The van der Waals surface area contributed by atoms with Crippen LogP contribution in [0.4, 0.5) is 0 Å². The van der Waals surface area contributed by atoms with Crippen LogP contribution in [0.1, 0.15) is 22.8 Å². The molecule has 2 aromatic rings. The number of carbonyl (C=O) groups is 1. The number of nitrogens with zero attached hydrogens (tertiary/aromatic N) is 1. The molecule has 114 valence electrons. The summed E-state index contributed by atoms with van der Waals surface area (Å²) in [6.07, 6.45) is 0. The van der Waals surface area contributed by atoms with E-state index < -0.39 is 5.91 Å². The highest BCUT2D eigenvalue weighted by molar-refractivity contribution is 6.03. The molecule has 0 aliphatic heterocycles.